The van der Waals surface area contributed by atoms with Gasteiger partial charge in [-0.05, 0) is 36.2 Å². The minimum Gasteiger partial charge on any atom is -0.206 e. The number of sulfonamides is 1. The van der Waals surface area contributed by atoms with Crippen LogP contribution in [0.15, 0.2) is 40.6 Å². The largest absolute Gasteiger partial charge is 0.252 e. The standard InChI is InChI=1S/C15H16N2O2S2/c1-3-14-7-8-15(20-14)21(18,19)17(2)11-13-6-4-5-12(9-13)10-16/h4-9H,3,11H2,1-2H3. The molecule has 110 valence electrons. The molecule has 0 aliphatic heterocycles. The van der Waals surface area contributed by atoms with Gasteiger partial charge in [-0.25, -0.2) is 8.42 Å². The summed E-state index contributed by atoms with van der Waals surface area (Å²) in [5, 5.41) is 8.88. The van der Waals surface area contributed by atoms with E-state index in [1.54, 1.807) is 31.3 Å². The van der Waals surface area contributed by atoms with Crippen LogP contribution in [0.25, 0.3) is 0 Å². The third-order valence-electron chi connectivity index (χ3n) is 3.11. The Kier molecular flexibility index (Phi) is 4.78. The molecular formula is C15H16N2O2S2. The van der Waals surface area contributed by atoms with E-state index in [2.05, 4.69) is 6.07 Å². The zero-order chi connectivity index (χ0) is 15.5. The third kappa shape index (κ3) is 3.50. The highest BCUT2D eigenvalue weighted by Gasteiger charge is 2.22. The van der Waals surface area contributed by atoms with Gasteiger partial charge in [0.05, 0.1) is 11.6 Å². The summed E-state index contributed by atoms with van der Waals surface area (Å²) in [7, 11) is -1.92. The summed E-state index contributed by atoms with van der Waals surface area (Å²) >= 11 is 1.30. The lowest BCUT2D eigenvalue weighted by molar-refractivity contribution is 0.468. The first-order valence-corrected chi connectivity index (χ1v) is 8.77. The van der Waals surface area contributed by atoms with Crippen LogP contribution in [0.1, 0.15) is 22.9 Å². The number of nitriles is 1. The average molecular weight is 320 g/mol. The van der Waals surface area contributed by atoms with E-state index in [-0.39, 0.29) is 6.54 Å². The predicted molar refractivity (Wildman–Crippen MR) is 83.5 cm³/mol. The van der Waals surface area contributed by atoms with Crippen LogP contribution in [-0.4, -0.2) is 19.8 Å². The summed E-state index contributed by atoms with van der Waals surface area (Å²) in [6.45, 7) is 2.25. The van der Waals surface area contributed by atoms with E-state index < -0.39 is 10.0 Å². The Morgan fingerprint density at radius 3 is 2.67 bits per heavy atom. The van der Waals surface area contributed by atoms with Gasteiger partial charge in [0, 0.05) is 18.5 Å². The second kappa shape index (κ2) is 6.39. The molecule has 0 saturated carbocycles. The molecule has 0 aliphatic rings. The fraction of sp³-hybridized carbons (Fsp3) is 0.267. The van der Waals surface area contributed by atoms with E-state index in [0.717, 1.165) is 16.9 Å². The fourth-order valence-electron chi connectivity index (χ4n) is 1.92. The van der Waals surface area contributed by atoms with Crippen molar-refractivity contribution in [1.29, 1.82) is 5.26 Å². The van der Waals surface area contributed by atoms with Crippen molar-refractivity contribution < 1.29 is 8.42 Å². The molecule has 1 heterocycles. The molecule has 0 bridgehead atoms. The summed E-state index contributed by atoms with van der Waals surface area (Å²) in [5.74, 6) is 0. The number of nitrogens with zero attached hydrogens (tertiary/aromatic N) is 2. The Hall–Kier alpha value is -1.68. The van der Waals surface area contributed by atoms with Crippen molar-refractivity contribution in [3.8, 4) is 6.07 Å². The van der Waals surface area contributed by atoms with E-state index in [1.165, 1.54) is 15.6 Å². The number of hydrogen-bond donors (Lipinski definition) is 0. The van der Waals surface area contributed by atoms with Crippen molar-refractivity contribution in [2.75, 3.05) is 7.05 Å². The monoisotopic (exact) mass is 320 g/mol. The zero-order valence-electron chi connectivity index (χ0n) is 11.9. The van der Waals surface area contributed by atoms with Crippen LogP contribution in [0.2, 0.25) is 0 Å². The second-order valence-electron chi connectivity index (χ2n) is 4.65. The Labute approximate surface area is 129 Å². The summed E-state index contributed by atoms with van der Waals surface area (Å²) in [6.07, 6.45) is 0.827. The lowest BCUT2D eigenvalue weighted by atomic mass is 10.1. The molecule has 0 radical (unpaired) electrons. The van der Waals surface area contributed by atoms with Gasteiger partial charge in [0.25, 0.3) is 10.0 Å². The van der Waals surface area contributed by atoms with E-state index in [4.69, 9.17) is 5.26 Å². The first-order valence-electron chi connectivity index (χ1n) is 6.51. The van der Waals surface area contributed by atoms with Crippen molar-refractivity contribution >= 4 is 21.4 Å². The summed E-state index contributed by atoms with van der Waals surface area (Å²) in [6, 6.07) is 12.5. The van der Waals surface area contributed by atoms with Gasteiger partial charge in [0.1, 0.15) is 4.21 Å². The molecule has 0 aliphatic carbocycles. The van der Waals surface area contributed by atoms with Gasteiger partial charge >= 0.3 is 0 Å². The summed E-state index contributed by atoms with van der Waals surface area (Å²) < 4.78 is 26.7. The SMILES string of the molecule is CCc1ccc(S(=O)(=O)N(C)Cc2cccc(C#N)c2)s1. The quantitative estimate of drug-likeness (QED) is 0.851. The van der Waals surface area contributed by atoms with Gasteiger partial charge in [-0.3, -0.25) is 0 Å². The second-order valence-corrected chi connectivity index (χ2v) is 8.09. The van der Waals surface area contributed by atoms with Crippen LogP contribution in [-0.2, 0) is 23.0 Å². The number of hydrogen-bond acceptors (Lipinski definition) is 4. The Balaban J connectivity index is 2.22. The van der Waals surface area contributed by atoms with Gasteiger partial charge in [-0.2, -0.15) is 9.57 Å². The third-order valence-corrected chi connectivity index (χ3v) is 6.61. The van der Waals surface area contributed by atoms with Crippen molar-refractivity contribution in [3.63, 3.8) is 0 Å². The molecule has 2 aromatic rings. The number of aryl methyl sites for hydroxylation is 1. The topological polar surface area (TPSA) is 61.2 Å². The van der Waals surface area contributed by atoms with Crippen molar-refractivity contribution in [1.82, 2.24) is 4.31 Å². The van der Waals surface area contributed by atoms with E-state index >= 15 is 0 Å². The molecule has 0 spiro atoms. The van der Waals surface area contributed by atoms with Crippen LogP contribution in [0.5, 0.6) is 0 Å². The lowest BCUT2D eigenvalue weighted by Crippen LogP contribution is -2.25. The summed E-state index contributed by atoms with van der Waals surface area (Å²) in [4.78, 5) is 1.05. The number of rotatable bonds is 5. The fourth-order valence-corrected chi connectivity index (χ4v) is 4.59. The van der Waals surface area contributed by atoms with Crippen molar-refractivity contribution in [2.45, 2.75) is 24.1 Å². The van der Waals surface area contributed by atoms with Crippen molar-refractivity contribution in [3.05, 3.63) is 52.4 Å². The molecule has 0 saturated heterocycles. The highest BCUT2D eigenvalue weighted by molar-refractivity contribution is 7.91. The smallest absolute Gasteiger partial charge is 0.206 e. The number of thiophene rings is 1. The van der Waals surface area contributed by atoms with Crippen LogP contribution in [0, 0.1) is 11.3 Å². The first kappa shape index (κ1) is 15.7. The minimum absolute atomic E-state index is 0.247. The number of benzene rings is 1. The molecule has 4 nitrogen and oxygen atoms in total. The first-order chi connectivity index (χ1) is 9.97. The molecule has 0 atom stereocenters. The molecular weight excluding hydrogens is 304 g/mol. The summed E-state index contributed by atoms with van der Waals surface area (Å²) in [5.41, 5.74) is 1.33. The molecule has 0 fully saturated rings. The van der Waals surface area contributed by atoms with Gasteiger partial charge in [0.15, 0.2) is 0 Å². The van der Waals surface area contributed by atoms with Crippen LogP contribution >= 0.6 is 11.3 Å². The molecule has 6 heteroatoms. The maximum Gasteiger partial charge on any atom is 0.252 e. The molecule has 2 rings (SSSR count). The van der Waals surface area contributed by atoms with Crippen molar-refractivity contribution in [2.24, 2.45) is 0 Å². The van der Waals surface area contributed by atoms with Gasteiger partial charge < -0.3 is 0 Å². The highest BCUT2D eigenvalue weighted by Crippen LogP contribution is 2.25. The van der Waals surface area contributed by atoms with Gasteiger partial charge in [0.2, 0.25) is 0 Å². The maximum atomic E-state index is 12.5. The Bertz CT molecular complexity index is 773. The van der Waals surface area contributed by atoms with Crippen LogP contribution in [0.4, 0.5) is 0 Å². The van der Waals surface area contributed by atoms with E-state index in [0.29, 0.717) is 9.77 Å². The molecule has 0 unspecified atom stereocenters. The Morgan fingerprint density at radius 2 is 2.05 bits per heavy atom. The zero-order valence-corrected chi connectivity index (χ0v) is 13.5. The average Bonchev–Trinajstić information content (AvgIpc) is 2.97. The van der Waals surface area contributed by atoms with Crippen LogP contribution < -0.4 is 0 Å². The molecule has 1 aromatic carbocycles. The Morgan fingerprint density at radius 1 is 1.29 bits per heavy atom. The van der Waals surface area contributed by atoms with E-state index in [9.17, 15) is 8.42 Å². The molecule has 21 heavy (non-hydrogen) atoms. The molecule has 1 aromatic heterocycles. The highest BCUT2D eigenvalue weighted by atomic mass is 32.2. The van der Waals surface area contributed by atoms with Gasteiger partial charge in [-0.15, -0.1) is 11.3 Å². The van der Waals surface area contributed by atoms with Crippen LogP contribution in [0.3, 0.4) is 0 Å². The van der Waals surface area contributed by atoms with E-state index in [1.807, 2.05) is 19.1 Å². The normalized spacial score (nSPS) is 11.5. The minimum atomic E-state index is -3.48. The maximum absolute atomic E-state index is 12.5. The predicted octanol–water partition coefficient (Wildman–Crippen LogP) is 3.00. The molecule has 0 amide bonds. The molecule has 0 N–H and O–H groups in total. The lowest BCUT2D eigenvalue weighted by Gasteiger charge is -2.16. The van der Waals surface area contributed by atoms with Gasteiger partial charge in [-0.1, -0.05) is 19.1 Å².